The molecule has 0 aromatic heterocycles. The molecule has 1 atom stereocenters. The minimum absolute atomic E-state index is 0. The number of nitrogens with zero attached hydrogens (tertiary/aromatic N) is 2. The average Bonchev–Trinajstić information content (AvgIpc) is 2.53. The van der Waals surface area contributed by atoms with Gasteiger partial charge in [-0.25, -0.2) is 13.1 Å². The van der Waals surface area contributed by atoms with Crippen molar-refractivity contribution in [2.75, 3.05) is 44.2 Å². The Balaban J connectivity index is 0.00000529. The Morgan fingerprint density at radius 3 is 2.67 bits per heavy atom. The molecule has 2 N–H and O–H groups in total. The minimum atomic E-state index is -3.09. The monoisotopic (exact) mass is 492 g/mol. The van der Waals surface area contributed by atoms with E-state index >= 15 is 0 Å². The van der Waals surface area contributed by atoms with E-state index in [1.54, 1.807) is 6.92 Å². The van der Waals surface area contributed by atoms with Crippen LogP contribution < -0.4 is 10.0 Å². The highest BCUT2D eigenvalue weighted by atomic mass is 127. The topological polar surface area (TPSA) is 73.8 Å². The van der Waals surface area contributed by atoms with Gasteiger partial charge in [0, 0.05) is 43.7 Å². The van der Waals surface area contributed by atoms with Gasteiger partial charge in [-0.2, -0.15) is 11.8 Å². The summed E-state index contributed by atoms with van der Waals surface area (Å²) in [5.41, 5.74) is 0. The lowest BCUT2D eigenvalue weighted by atomic mass is 10.1. The van der Waals surface area contributed by atoms with Gasteiger partial charge in [-0.1, -0.05) is 13.8 Å². The number of nitrogens with one attached hydrogen (secondary N) is 2. The van der Waals surface area contributed by atoms with E-state index in [0.717, 1.165) is 31.3 Å². The predicted octanol–water partition coefficient (Wildman–Crippen LogP) is 1.97. The maximum atomic E-state index is 11.4. The Bertz CT molecular complexity index is 472. The van der Waals surface area contributed by atoms with E-state index in [2.05, 4.69) is 40.7 Å². The van der Waals surface area contributed by atoms with Gasteiger partial charge in [-0.05, 0) is 26.2 Å². The summed E-state index contributed by atoms with van der Waals surface area (Å²) >= 11 is 2.05. The largest absolute Gasteiger partial charge is 0.357 e. The highest BCUT2D eigenvalue weighted by Gasteiger charge is 2.24. The minimum Gasteiger partial charge on any atom is -0.357 e. The van der Waals surface area contributed by atoms with Crippen molar-refractivity contribution in [2.45, 2.75) is 39.4 Å². The Kier molecular flexibility index (Phi) is 12.7. The zero-order valence-electron chi connectivity index (χ0n) is 15.2. The fraction of sp³-hybridized carbons (Fsp3) is 0.933. The van der Waals surface area contributed by atoms with E-state index in [4.69, 9.17) is 0 Å². The average molecular weight is 492 g/mol. The van der Waals surface area contributed by atoms with Gasteiger partial charge in [-0.3, -0.25) is 4.99 Å². The molecule has 1 fully saturated rings. The van der Waals surface area contributed by atoms with Crippen molar-refractivity contribution in [2.24, 2.45) is 10.9 Å². The third-order valence-electron chi connectivity index (χ3n) is 3.77. The quantitative estimate of drug-likeness (QED) is 0.235. The number of halogens is 1. The first-order chi connectivity index (χ1) is 10.9. The van der Waals surface area contributed by atoms with E-state index in [9.17, 15) is 8.42 Å². The summed E-state index contributed by atoms with van der Waals surface area (Å²) < 4.78 is 25.3. The van der Waals surface area contributed by atoms with Crippen LogP contribution in [0.25, 0.3) is 0 Å². The molecular weight excluding hydrogens is 459 g/mol. The van der Waals surface area contributed by atoms with Gasteiger partial charge in [0.1, 0.15) is 0 Å². The molecule has 24 heavy (non-hydrogen) atoms. The van der Waals surface area contributed by atoms with Crippen LogP contribution in [0.1, 0.15) is 34.1 Å². The fourth-order valence-corrected chi connectivity index (χ4v) is 4.25. The molecule has 0 aromatic rings. The normalized spacial score (nSPS) is 19.3. The molecule has 0 saturated carbocycles. The smallest absolute Gasteiger partial charge is 0.211 e. The molecule has 0 bridgehead atoms. The molecule has 0 aromatic carbocycles. The summed E-state index contributed by atoms with van der Waals surface area (Å²) in [6.07, 6.45) is 0.713. The molecular formula is C15H33IN4O2S2. The van der Waals surface area contributed by atoms with Crippen LogP contribution in [0.4, 0.5) is 0 Å². The first kappa shape index (κ1) is 24.3. The summed E-state index contributed by atoms with van der Waals surface area (Å²) in [5, 5.41) is 4.00. The predicted molar refractivity (Wildman–Crippen MR) is 116 cm³/mol. The van der Waals surface area contributed by atoms with Crippen LogP contribution >= 0.6 is 35.7 Å². The lowest BCUT2D eigenvalue weighted by molar-refractivity contribution is 0.381. The summed E-state index contributed by atoms with van der Waals surface area (Å²) in [6, 6.07) is 0. The number of guanidine groups is 1. The van der Waals surface area contributed by atoms with Crippen molar-refractivity contribution in [1.82, 2.24) is 14.9 Å². The van der Waals surface area contributed by atoms with E-state index < -0.39 is 10.0 Å². The van der Waals surface area contributed by atoms with Crippen LogP contribution in [0.15, 0.2) is 4.99 Å². The maximum absolute atomic E-state index is 11.4. The van der Waals surface area contributed by atoms with Crippen molar-refractivity contribution in [1.29, 1.82) is 0 Å². The van der Waals surface area contributed by atoms with Gasteiger partial charge >= 0.3 is 0 Å². The number of thioether (sulfide) groups is 1. The molecule has 1 rings (SSSR count). The molecule has 0 radical (unpaired) electrons. The Morgan fingerprint density at radius 2 is 2.08 bits per heavy atom. The van der Waals surface area contributed by atoms with Crippen molar-refractivity contribution >= 4 is 51.7 Å². The van der Waals surface area contributed by atoms with Crippen LogP contribution in [0.3, 0.4) is 0 Å². The third kappa shape index (κ3) is 9.10. The zero-order valence-corrected chi connectivity index (χ0v) is 19.2. The SMILES string of the molecule is CCNC(=NCCCNS(=O)(=O)CC)N1CCSC(C(C)C)C1.I. The lowest BCUT2D eigenvalue weighted by Crippen LogP contribution is -2.49. The molecule has 6 nitrogen and oxygen atoms in total. The molecule has 0 amide bonds. The second-order valence-corrected chi connectivity index (χ2v) is 9.43. The molecule has 1 heterocycles. The van der Waals surface area contributed by atoms with Crippen molar-refractivity contribution in [3.05, 3.63) is 0 Å². The molecule has 1 saturated heterocycles. The molecule has 0 aliphatic carbocycles. The number of rotatable bonds is 8. The van der Waals surface area contributed by atoms with Crippen LogP contribution in [0.5, 0.6) is 0 Å². The molecule has 9 heteroatoms. The molecule has 144 valence electrons. The maximum Gasteiger partial charge on any atom is 0.211 e. The number of hydrogen-bond donors (Lipinski definition) is 2. The van der Waals surface area contributed by atoms with Crippen LogP contribution in [-0.2, 0) is 10.0 Å². The van der Waals surface area contributed by atoms with E-state index in [0.29, 0.717) is 30.7 Å². The summed E-state index contributed by atoms with van der Waals surface area (Å²) in [4.78, 5) is 7.00. The molecule has 0 spiro atoms. The summed E-state index contributed by atoms with van der Waals surface area (Å²) in [7, 11) is -3.09. The first-order valence-electron chi connectivity index (χ1n) is 8.51. The number of sulfonamides is 1. The Hall–Kier alpha value is 0.260. The lowest BCUT2D eigenvalue weighted by Gasteiger charge is -2.36. The van der Waals surface area contributed by atoms with Crippen LogP contribution in [-0.4, -0.2) is 68.8 Å². The van der Waals surface area contributed by atoms with Crippen molar-refractivity contribution < 1.29 is 8.42 Å². The van der Waals surface area contributed by atoms with Gasteiger partial charge in [0.25, 0.3) is 0 Å². The third-order valence-corrected chi connectivity index (χ3v) is 6.71. The van der Waals surface area contributed by atoms with E-state index in [1.165, 1.54) is 0 Å². The van der Waals surface area contributed by atoms with Crippen molar-refractivity contribution in [3.8, 4) is 0 Å². The van der Waals surface area contributed by atoms with E-state index in [1.807, 2.05) is 11.8 Å². The highest BCUT2D eigenvalue weighted by molar-refractivity contribution is 14.0. The molecule has 1 unspecified atom stereocenters. The van der Waals surface area contributed by atoms with Crippen molar-refractivity contribution in [3.63, 3.8) is 0 Å². The first-order valence-corrected chi connectivity index (χ1v) is 11.2. The van der Waals surface area contributed by atoms with Gasteiger partial charge in [0.15, 0.2) is 5.96 Å². The second-order valence-electron chi connectivity index (χ2n) is 5.99. The standard InChI is InChI=1S/C15H32N4O2S2.HI/c1-5-16-15(17-8-7-9-18-23(20,21)6-2)19-10-11-22-14(12-19)13(3)4;/h13-14,18H,5-12H2,1-4H3,(H,16,17);1H. The fourth-order valence-electron chi connectivity index (χ4n) is 2.29. The highest BCUT2D eigenvalue weighted by Crippen LogP contribution is 2.24. The summed E-state index contributed by atoms with van der Waals surface area (Å²) in [6.45, 7) is 12.2. The number of hydrogen-bond acceptors (Lipinski definition) is 4. The van der Waals surface area contributed by atoms with Gasteiger partial charge < -0.3 is 10.2 Å². The van der Waals surface area contributed by atoms with E-state index in [-0.39, 0.29) is 29.7 Å². The van der Waals surface area contributed by atoms with Gasteiger partial charge in [0.2, 0.25) is 10.0 Å². The van der Waals surface area contributed by atoms with Crippen LogP contribution in [0.2, 0.25) is 0 Å². The molecule has 1 aliphatic rings. The molecule has 1 aliphatic heterocycles. The van der Waals surface area contributed by atoms with Crippen LogP contribution in [0, 0.1) is 5.92 Å². The zero-order chi connectivity index (χ0) is 17.3. The summed E-state index contributed by atoms with van der Waals surface area (Å²) in [5.74, 6) is 2.87. The number of aliphatic imine (C=N–C) groups is 1. The Labute approximate surface area is 169 Å². The second kappa shape index (κ2) is 12.6. The van der Waals surface area contributed by atoms with Gasteiger partial charge in [0.05, 0.1) is 5.75 Å². The Morgan fingerprint density at radius 1 is 1.38 bits per heavy atom. The van der Waals surface area contributed by atoms with Gasteiger partial charge in [-0.15, -0.1) is 24.0 Å².